The van der Waals surface area contributed by atoms with E-state index < -0.39 is 5.95 Å². The van der Waals surface area contributed by atoms with E-state index >= 15 is 0 Å². The summed E-state index contributed by atoms with van der Waals surface area (Å²) in [6.07, 6.45) is 1.43. The van der Waals surface area contributed by atoms with Gasteiger partial charge in [0.1, 0.15) is 5.82 Å². The molecule has 2 N–H and O–H groups in total. The lowest BCUT2D eigenvalue weighted by Gasteiger charge is -2.31. The number of nitrogens with two attached hydrogens (primary N) is 1. The summed E-state index contributed by atoms with van der Waals surface area (Å²) in [7, 11) is 0. The molecule has 0 radical (unpaired) electrons. The molecule has 2 rings (SSSR count). The third kappa shape index (κ3) is 2.29. The molecular formula is C11H14FN3O. The zero-order valence-corrected chi connectivity index (χ0v) is 8.90. The predicted octanol–water partition coefficient (Wildman–Crippen LogP) is 0.922. The molecular weight excluding hydrogens is 209 g/mol. The lowest BCUT2D eigenvalue weighted by Crippen LogP contribution is -2.38. The molecule has 1 amide bonds. The van der Waals surface area contributed by atoms with Crippen LogP contribution in [0.25, 0.3) is 0 Å². The summed E-state index contributed by atoms with van der Waals surface area (Å²) >= 11 is 0. The summed E-state index contributed by atoms with van der Waals surface area (Å²) < 4.78 is 12.9. The highest BCUT2D eigenvalue weighted by Crippen LogP contribution is 2.21. The number of anilines is 1. The third-order valence-electron chi connectivity index (χ3n) is 2.92. The van der Waals surface area contributed by atoms with Gasteiger partial charge in [-0.1, -0.05) is 6.07 Å². The van der Waals surface area contributed by atoms with Gasteiger partial charge >= 0.3 is 0 Å². The van der Waals surface area contributed by atoms with E-state index in [-0.39, 0.29) is 11.8 Å². The van der Waals surface area contributed by atoms with Crippen LogP contribution in [0.3, 0.4) is 0 Å². The van der Waals surface area contributed by atoms with Gasteiger partial charge in [-0.2, -0.15) is 4.39 Å². The first-order chi connectivity index (χ1) is 7.66. The third-order valence-corrected chi connectivity index (χ3v) is 2.92. The SMILES string of the molecule is NC(=O)C1CCN(c2cccc(F)n2)CC1. The van der Waals surface area contributed by atoms with Crippen molar-refractivity contribution in [1.29, 1.82) is 0 Å². The summed E-state index contributed by atoms with van der Waals surface area (Å²) in [5, 5.41) is 0. The van der Waals surface area contributed by atoms with Gasteiger partial charge in [-0.15, -0.1) is 0 Å². The Morgan fingerprint density at radius 1 is 1.44 bits per heavy atom. The molecule has 1 aromatic heterocycles. The molecule has 0 atom stereocenters. The Morgan fingerprint density at radius 2 is 2.12 bits per heavy atom. The lowest BCUT2D eigenvalue weighted by atomic mass is 9.96. The molecule has 0 bridgehead atoms. The highest BCUT2D eigenvalue weighted by atomic mass is 19.1. The van der Waals surface area contributed by atoms with Crippen LogP contribution in [0.5, 0.6) is 0 Å². The maximum Gasteiger partial charge on any atom is 0.220 e. The number of carbonyl (C=O) groups is 1. The van der Waals surface area contributed by atoms with Gasteiger partial charge in [0.05, 0.1) is 0 Å². The molecule has 5 heteroatoms. The van der Waals surface area contributed by atoms with Gasteiger partial charge in [-0.25, -0.2) is 4.98 Å². The van der Waals surface area contributed by atoms with E-state index in [1.807, 2.05) is 4.90 Å². The van der Waals surface area contributed by atoms with Crippen LogP contribution < -0.4 is 10.6 Å². The Balaban J connectivity index is 2.01. The number of halogens is 1. The Hall–Kier alpha value is -1.65. The monoisotopic (exact) mass is 223 g/mol. The second-order valence-corrected chi connectivity index (χ2v) is 3.98. The van der Waals surface area contributed by atoms with E-state index in [0.717, 1.165) is 0 Å². The quantitative estimate of drug-likeness (QED) is 0.758. The van der Waals surface area contributed by atoms with Crippen LogP contribution in [0.15, 0.2) is 18.2 Å². The number of hydrogen-bond acceptors (Lipinski definition) is 3. The Bertz CT molecular complexity index is 389. The van der Waals surface area contributed by atoms with E-state index in [4.69, 9.17) is 5.73 Å². The minimum atomic E-state index is -0.477. The first-order valence-corrected chi connectivity index (χ1v) is 5.33. The fraction of sp³-hybridized carbons (Fsp3) is 0.455. The van der Waals surface area contributed by atoms with Crippen molar-refractivity contribution >= 4 is 11.7 Å². The fourth-order valence-electron chi connectivity index (χ4n) is 1.97. The number of nitrogens with zero attached hydrogens (tertiary/aromatic N) is 2. The van der Waals surface area contributed by atoms with Crippen molar-refractivity contribution in [2.75, 3.05) is 18.0 Å². The van der Waals surface area contributed by atoms with Gasteiger partial charge in [0.15, 0.2) is 0 Å². The number of amides is 1. The molecule has 86 valence electrons. The largest absolute Gasteiger partial charge is 0.369 e. The van der Waals surface area contributed by atoms with Gasteiger partial charge in [-0.3, -0.25) is 4.79 Å². The van der Waals surface area contributed by atoms with Crippen molar-refractivity contribution in [2.24, 2.45) is 11.7 Å². The molecule has 0 unspecified atom stereocenters. The normalized spacial score (nSPS) is 17.4. The average molecular weight is 223 g/mol. The summed E-state index contributed by atoms with van der Waals surface area (Å²) in [5.41, 5.74) is 5.24. The van der Waals surface area contributed by atoms with Crippen LogP contribution in [-0.2, 0) is 4.79 Å². The van der Waals surface area contributed by atoms with Crippen molar-refractivity contribution in [1.82, 2.24) is 4.98 Å². The number of pyridine rings is 1. The maximum absolute atomic E-state index is 12.9. The number of piperidine rings is 1. The number of hydrogen-bond donors (Lipinski definition) is 1. The van der Waals surface area contributed by atoms with E-state index in [2.05, 4.69) is 4.98 Å². The van der Waals surface area contributed by atoms with E-state index in [0.29, 0.717) is 31.7 Å². The second kappa shape index (κ2) is 4.47. The molecule has 16 heavy (non-hydrogen) atoms. The van der Waals surface area contributed by atoms with E-state index in [1.54, 1.807) is 12.1 Å². The summed E-state index contributed by atoms with van der Waals surface area (Å²) in [6, 6.07) is 4.73. The van der Waals surface area contributed by atoms with Gasteiger partial charge in [-0.05, 0) is 25.0 Å². The lowest BCUT2D eigenvalue weighted by molar-refractivity contribution is -0.122. The molecule has 0 aromatic carbocycles. The van der Waals surface area contributed by atoms with Crippen molar-refractivity contribution in [3.63, 3.8) is 0 Å². The Morgan fingerprint density at radius 3 is 2.69 bits per heavy atom. The van der Waals surface area contributed by atoms with Crippen molar-refractivity contribution < 1.29 is 9.18 Å². The van der Waals surface area contributed by atoms with Gasteiger partial charge in [0, 0.05) is 19.0 Å². The molecule has 1 saturated heterocycles. The molecule has 0 spiro atoms. The number of primary amides is 1. The summed E-state index contributed by atoms with van der Waals surface area (Å²) in [6.45, 7) is 1.40. The van der Waals surface area contributed by atoms with Crippen molar-refractivity contribution in [3.05, 3.63) is 24.1 Å². The predicted molar refractivity (Wildman–Crippen MR) is 58.3 cm³/mol. The van der Waals surface area contributed by atoms with Gasteiger partial charge in [0.2, 0.25) is 11.9 Å². The average Bonchev–Trinajstić information content (AvgIpc) is 2.29. The summed E-state index contributed by atoms with van der Waals surface area (Å²) in [4.78, 5) is 16.8. The zero-order valence-electron chi connectivity index (χ0n) is 8.90. The van der Waals surface area contributed by atoms with Gasteiger partial charge in [0.25, 0.3) is 0 Å². The molecule has 2 heterocycles. The molecule has 0 saturated carbocycles. The summed E-state index contributed by atoms with van der Waals surface area (Å²) in [5.74, 6) is -0.144. The van der Waals surface area contributed by atoms with Crippen LogP contribution in [0, 0.1) is 11.9 Å². The minimum Gasteiger partial charge on any atom is -0.369 e. The molecule has 1 aromatic rings. The zero-order chi connectivity index (χ0) is 11.5. The fourth-order valence-corrected chi connectivity index (χ4v) is 1.97. The van der Waals surface area contributed by atoms with E-state index in [1.165, 1.54) is 6.07 Å². The standard InChI is InChI=1S/C11H14FN3O/c12-9-2-1-3-10(14-9)15-6-4-8(5-7-15)11(13)16/h1-3,8H,4-7H2,(H2,13,16). The van der Waals surface area contributed by atoms with Crippen LogP contribution in [0.4, 0.5) is 10.2 Å². The van der Waals surface area contributed by atoms with Crippen LogP contribution in [-0.4, -0.2) is 24.0 Å². The van der Waals surface area contributed by atoms with Crippen LogP contribution in [0.1, 0.15) is 12.8 Å². The number of aromatic nitrogens is 1. The molecule has 1 fully saturated rings. The second-order valence-electron chi connectivity index (χ2n) is 3.98. The van der Waals surface area contributed by atoms with Crippen LogP contribution >= 0.6 is 0 Å². The Kier molecular flexibility index (Phi) is 3.03. The highest BCUT2D eigenvalue weighted by Gasteiger charge is 2.23. The van der Waals surface area contributed by atoms with E-state index in [9.17, 15) is 9.18 Å². The Labute approximate surface area is 93.3 Å². The van der Waals surface area contributed by atoms with Crippen LogP contribution in [0.2, 0.25) is 0 Å². The van der Waals surface area contributed by atoms with Gasteiger partial charge < -0.3 is 10.6 Å². The first kappa shape index (κ1) is 10.9. The number of rotatable bonds is 2. The molecule has 4 nitrogen and oxygen atoms in total. The van der Waals surface area contributed by atoms with Crippen molar-refractivity contribution in [2.45, 2.75) is 12.8 Å². The molecule has 0 aliphatic carbocycles. The minimum absolute atomic E-state index is 0.0511. The number of carbonyl (C=O) groups excluding carboxylic acids is 1. The maximum atomic E-state index is 12.9. The topological polar surface area (TPSA) is 59.2 Å². The first-order valence-electron chi connectivity index (χ1n) is 5.33. The molecule has 1 aliphatic rings. The molecule has 1 aliphatic heterocycles. The smallest absolute Gasteiger partial charge is 0.220 e. The van der Waals surface area contributed by atoms with Crippen molar-refractivity contribution in [3.8, 4) is 0 Å². The highest BCUT2D eigenvalue weighted by molar-refractivity contribution is 5.76.